The van der Waals surface area contributed by atoms with Crippen LogP contribution in [0.2, 0.25) is 18.1 Å². The molecule has 0 aliphatic carbocycles. The third-order valence-corrected chi connectivity index (χ3v) is 9.57. The standard InChI is InChI=1S/C24H34O2Si/c1-8-25-23-18-21(11-9-10-20-14-12-19(2)13-15-20)16-17-22(23)26-27(6,7)24(3,4)5/h9,11-18H,8,10H2,1-7H3/b11-9+. The molecule has 0 saturated heterocycles. The van der Waals surface area contributed by atoms with Gasteiger partial charge in [0.2, 0.25) is 0 Å². The fraction of sp³-hybridized carbons (Fsp3) is 0.417. The summed E-state index contributed by atoms with van der Waals surface area (Å²) in [6.45, 7) is 16.0. The van der Waals surface area contributed by atoms with E-state index in [9.17, 15) is 0 Å². The smallest absolute Gasteiger partial charge is 0.250 e. The minimum Gasteiger partial charge on any atom is -0.541 e. The average molecular weight is 383 g/mol. The summed E-state index contributed by atoms with van der Waals surface area (Å²) in [4.78, 5) is 0. The molecule has 2 rings (SSSR count). The van der Waals surface area contributed by atoms with Crippen LogP contribution in [-0.4, -0.2) is 14.9 Å². The predicted octanol–water partition coefficient (Wildman–Crippen LogP) is 7.03. The van der Waals surface area contributed by atoms with Crippen molar-refractivity contribution in [3.05, 3.63) is 65.2 Å². The highest BCUT2D eigenvalue weighted by Gasteiger charge is 2.39. The van der Waals surface area contributed by atoms with E-state index in [1.807, 2.05) is 6.92 Å². The van der Waals surface area contributed by atoms with E-state index in [-0.39, 0.29) is 5.04 Å². The van der Waals surface area contributed by atoms with E-state index >= 15 is 0 Å². The summed E-state index contributed by atoms with van der Waals surface area (Å²) in [5.74, 6) is 1.69. The molecule has 0 radical (unpaired) electrons. The molecule has 0 unspecified atom stereocenters. The Balaban J connectivity index is 2.16. The van der Waals surface area contributed by atoms with Crippen LogP contribution >= 0.6 is 0 Å². The van der Waals surface area contributed by atoms with Crippen molar-refractivity contribution < 1.29 is 9.16 Å². The summed E-state index contributed by atoms with van der Waals surface area (Å²) in [6, 6.07) is 14.9. The lowest BCUT2D eigenvalue weighted by Crippen LogP contribution is -2.43. The largest absolute Gasteiger partial charge is 0.541 e. The van der Waals surface area contributed by atoms with Gasteiger partial charge in [0, 0.05) is 0 Å². The van der Waals surface area contributed by atoms with Crippen molar-refractivity contribution in [3.63, 3.8) is 0 Å². The molecule has 0 heterocycles. The Morgan fingerprint density at radius 1 is 0.963 bits per heavy atom. The fourth-order valence-electron chi connectivity index (χ4n) is 2.46. The Kier molecular flexibility index (Phi) is 6.93. The van der Waals surface area contributed by atoms with E-state index < -0.39 is 8.32 Å². The monoisotopic (exact) mass is 382 g/mol. The Morgan fingerprint density at radius 3 is 2.22 bits per heavy atom. The van der Waals surface area contributed by atoms with Crippen molar-refractivity contribution in [2.24, 2.45) is 0 Å². The maximum Gasteiger partial charge on any atom is 0.250 e. The highest BCUT2D eigenvalue weighted by Crippen LogP contribution is 2.40. The fourth-order valence-corrected chi connectivity index (χ4v) is 3.49. The first-order chi connectivity index (χ1) is 12.6. The van der Waals surface area contributed by atoms with E-state index in [4.69, 9.17) is 9.16 Å². The van der Waals surface area contributed by atoms with E-state index in [0.29, 0.717) is 6.61 Å². The Morgan fingerprint density at radius 2 is 1.63 bits per heavy atom. The molecule has 0 N–H and O–H groups in total. The lowest BCUT2D eigenvalue weighted by atomic mass is 10.1. The SMILES string of the molecule is CCOc1cc(/C=C/Cc2ccc(C)cc2)ccc1O[Si](C)(C)C(C)(C)C. The lowest BCUT2D eigenvalue weighted by molar-refractivity contribution is 0.325. The van der Waals surface area contributed by atoms with Crippen LogP contribution in [0.3, 0.4) is 0 Å². The zero-order chi connectivity index (χ0) is 20.1. The highest BCUT2D eigenvalue weighted by atomic mass is 28.4. The molecule has 0 fully saturated rings. The second-order valence-electron chi connectivity index (χ2n) is 8.59. The number of hydrogen-bond acceptors (Lipinski definition) is 2. The maximum absolute atomic E-state index is 6.48. The summed E-state index contributed by atoms with van der Waals surface area (Å²) in [5, 5.41) is 0.156. The van der Waals surface area contributed by atoms with Gasteiger partial charge in [-0.3, -0.25) is 0 Å². The number of hydrogen-bond donors (Lipinski definition) is 0. The van der Waals surface area contributed by atoms with Gasteiger partial charge in [-0.25, -0.2) is 0 Å². The van der Waals surface area contributed by atoms with E-state index in [2.05, 4.69) is 95.4 Å². The highest BCUT2D eigenvalue weighted by molar-refractivity contribution is 6.74. The molecule has 27 heavy (non-hydrogen) atoms. The second kappa shape index (κ2) is 8.79. The van der Waals surface area contributed by atoms with Crippen LogP contribution in [-0.2, 0) is 6.42 Å². The quantitative estimate of drug-likeness (QED) is 0.478. The van der Waals surface area contributed by atoms with Crippen LogP contribution in [0, 0.1) is 6.92 Å². The van der Waals surface area contributed by atoms with Crippen LogP contribution < -0.4 is 9.16 Å². The molecule has 0 spiro atoms. The van der Waals surface area contributed by atoms with Gasteiger partial charge in [-0.1, -0.05) is 68.8 Å². The third-order valence-electron chi connectivity index (χ3n) is 5.22. The van der Waals surface area contributed by atoms with Gasteiger partial charge in [-0.15, -0.1) is 0 Å². The number of rotatable bonds is 7. The van der Waals surface area contributed by atoms with Gasteiger partial charge in [-0.2, -0.15) is 0 Å². The normalized spacial score (nSPS) is 12.4. The predicted molar refractivity (Wildman–Crippen MR) is 119 cm³/mol. The number of benzene rings is 2. The van der Waals surface area contributed by atoms with Gasteiger partial charge in [0.25, 0.3) is 8.32 Å². The lowest BCUT2D eigenvalue weighted by Gasteiger charge is -2.36. The molecule has 0 saturated carbocycles. The molecule has 0 amide bonds. The van der Waals surface area contributed by atoms with E-state index in [1.165, 1.54) is 11.1 Å². The van der Waals surface area contributed by atoms with Crippen molar-refractivity contribution in [1.82, 2.24) is 0 Å². The molecular weight excluding hydrogens is 348 g/mol. The summed E-state index contributed by atoms with van der Waals surface area (Å²) >= 11 is 0. The average Bonchev–Trinajstić information content (AvgIpc) is 2.58. The molecule has 2 aromatic carbocycles. The molecule has 0 aliphatic rings. The summed E-state index contributed by atoms with van der Waals surface area (Å²) < 4.78 is 12.4. The first-order valence-electron chi connectivity index (χ1n) is 9.80. The molecule has 2 aromatic rings. The van der Waals surface area contributed by atoms with Gasteiger partial charge in [-0.05, 0) is 61.7 Å². The van der Waals surface area contributed by atoms with Crippen molar-refractivity contribution in [2.45, 2.75) is 59.2 Å². The zero-order valence-electron chi connectivity index (χ0n) is 17.9. The van der Waals surface area contributed by atoms with E-state index in [1.54, 1.807) is 0 Å². The van der Waals surface area contributed by atoms with Gasteiger partial charge in [0.05, 0.1) is 6.61 Å². The Hall–Kier alpha value is -2.00. The molecule has 0 bridgehead atoms. The molecular formula is C24H34O2Si. The van der Waals surface area contributed by atoms with Crippen LogP contribution in [0.25, 0.3) is 6.08 Å². The van der Waals surface area contributed by atoms with Crippen LogP contribution in [0.5, 0.6) is 11.5 Å². The molecule has 2 nitrogen and oxygen atoms in total. The minimum absolute atomic E-state index is 0.156. The molecule has 0 aromatic heterocycles. The van der Waals surface area contributed by atoms with Crippen LogP contribution in [0.4, 0.5) is 0 Å². The summed E-state index contributed by atoms with van der Waals surface area (Å²) in [5.41, 5.74) is 3.74. The summed E-state index contributed by atoms with van der Waals surface area (Å²) in [6.07, 6.45) is 5.27. The van der Waals surface area contributed by atoms with E-state index in [0.717, 1.165) is 23.5 Å². The summed E-state index contributed by atoms with van der Waals surface area (Å²) in [7, 11) is -1.90. The van der Waals surface area contributed by atoms with Gasteiger partial charge in [0.1, 0.15) is 5.75 Å². The van der Waals surface area contributed by atoms with Gasteiger partial charge < -0.3 is 9.16 Å². The number of allylic oxidation sites excluding steroid dienone is 1. The first-order valence-corrected chi connectivity index (χ1v) is 12.7. The molecule has 146 valence electrons. The second-order valence-corrected chi connectivity index (χ2v) is 13.3. The van der Waals surface area contributed by atoms with Crippen molar-refractivity contribution >= 4 is 14.4 Å². The first kappa shape index (κ1) is 21.3. The van der Waals surface area contributed by atoms with Gasteiger partial charge in [0.15, 0.2) is 5.75 Å². The zero-order valence-corrected chi connectivity index (χ0v) is 18.9. The Bertz CT molecular complexity index is 768. The van der Waals surface area contributed by atoms with Gasteiger partial charge >= 0.3 is 0 Å². The molecule has 0 atom stereocenters. The minimum atomic E-state index is -1.90. The van der Waals surface area contributed by atoms with Crippen molar-refractivity contribution in [2.75, 3.05) is 6.61 Å². The topological polar surface area (TPSA) is 18.5 Å². The molecule has 0 aliphatic heterocycles. The third kappa shape index (κ3) is 6.00. The number of aryl methyl sites for hydroxylation is 1. The molecule has 3 heteroatoms. The van der Waals surface area contributed by atoms with Crippen LogP contribution in [0.15, 0.2) is 48.5 Å². The van der Waals surface area contributed by atoms with Crippen molar-refractivity contribution in [3.8, 4) is 11.5 Å². The maximum atomic E-state index is 6.48. The van der Waals surface area contributed by atoms with Crippen molar-refractivity contribution in [1.29, 1.82) is 0 Å². The Labute approximate surface area is 166 Å². The van der Waals surface area contributed by atoms with Crippen LogP contribution in [0.1, 0.15) is 44.4 Å². The number of ether oxygens (including phenoxy) is 1.